The maximum atomic E-state index is 13.7. The third kappa shape index (κ3) is 8.89. The van der Waals surface area contributed by atoms with Crippen LogP contribution in [0.4, 0.5) is 24.5 Å². The number of aromatic nitrogens is 1. The molecule has 10 nitrogen and oxygen atoms in total. The highest BCUT2D eigenvalue weighted by atomic mass is 32.2. The standard InChI is InChI=1S/C34H41F3N6O4S/c1-38-32(44)24-6-7-29-31(21-24)47-27-22-42(23-27)15-17-46-19-18-45-16-14-41-12-8-26(9-13-41)40-28-5-3-11-43-30(28)20-25(4-2-10-39-29)33(43)48-34(35,36)37/h3,5-7,11,20-21,26-27,39-40H,8-10,12-19,22-23H2,1H3,(H,38,44). The number of thioether (sulfide) groups is 1. The van der Waals surface area contributed by atoms with Crippen LogP contribution in [0, 0.1) is 11.8 Å². The summed E-state index contributed by atoms with van der Waals surface area (Å²) >= 11 is -0.161. The van der Waals surface area contributed by atoms with Gasteiger partial charge in [-0.3, -0.25) is 9.69 Å². The van der Waals surface area contributed by atoms with Gasteiger partial charge in [0.25, 0.3) is 5.91 Å². The summed E-state index contributed by atoms with van der Waals surface area (Å²) in [4.78, 5) is 17.0. The zero-order chi connectivity index (χ0) is 33.5. The van der Waals surface area contributed by atoms with Crippen molar-refractivity contribution in [1.29, 1.82) is 0 Å². The van der Waals surface area contributed by atoms with Crippen molar-refractivity contribution >= 4 is 34.6 Å². The van der Waals surface area contributed by atoms with E-state index in [0.717, 1.165) is 57.8 Å². The first-order valence-electron chi connectivity index (χ1n) is 16.3. The number of pyridine rings is 1. The fourth-order valence-electron chi connectivity index (χ4n) is 6.12. The number of amides is 1. The van der Waals surface area contributed by atoms with Gasteiger partial charge in [0.1, 0.15) is 16.9 Å². The van der Waals surface area contributed by atoms with Crippen molar-refractivity contribution < 1.29 is 32.2 Å². The number of alkyl halides is 3. The van der Waals surface area contributed by atoms with Gasteiger partial charge in [-0.25, -0.2) is 0 Å². The number of nitrogens with zero attached hydrogens (tertiary/aromatic N) is 3. The minimum Gasteiger partial charge on any atom is -0.486 e. The molecular weight excluding hydrogens is 645 g/mol. The second kappa shape index (κ2) is 15.7. The van der Waals surface area contributed by atoms with Crippen LogP contribution in [0.3, 0.4) is 0 Å². The topological polar surface area (TPSA) is 91.7 Å². The minimum absolute atomic E-state index is 0.0236. The third-order valence-electron chi connectivity index (χ3n) is 8.68. The Morgan fingerprint density at radius 2 is 1.73 bits per heavy atom. The van der Waals surface area contributed by atoms with E-state index in [1.54, 1.807) is 48.0 Å². The second-order valence-corrected chi connectivity index (χ2v) is 13.1. The van der Waals surface area contributed by atoms with Crippen LogP contribution in [0.2, 0.25) is 0 Å². The van der Waals surface area contributed by atoms with E-state index in [4.69, 9.17) is 14.2 Å². The number of benzene rings is 1. The Balaban J connectivity index is 1.25. The molecule has 5 aliphatic rings. The van der Waals surface area contributed by atoms with E-state index >= 15 is 0 Å². The van der Waals surface area contributed by atoms with Crippen molar-refractivity contribution in [3.05, 3.63) is 53.7 Å². The molecule has 258 valence electrons. The number of hydrogen-bond acceptors (Lipinski definition) is 9. The number of hydrogen-bond donors (Lipinski definition) is 3. The largest absolute Gasteiger partial charge is 0.486 e. The average Bonchev–Trinajstić information content (AvgIpc) is 3.39. The molecule has 1 amide bonds. The second-order valence-electron chi connectivity index (χ2n) is 12.0. The predicted octanol–water partition coefficient (Wildman–Crippen LogP) is 4.36. The fourth-order valence-corrected chi connectivity index (χ4v) is 6.82. The zero-order valence-corrected chi connectivity index (χ0v) is 27.7. The number of ether oxygens (including phenoxy) is 3. The Labute approximate surface area is 282 Å². The Bertz CT molecular complexity index is 1630. The smallest absolute Gasteiger partial charge is 0.447 e. The number of piperidine rings is 1. The van der Waals surface area contributed by atoms with Gasteiger partial charge in [-0.2, -0.15) is 13.2 Å². The molecule has 3 N–H and O–H groups in total. The summed E-state index contributed by atoms with van der Waals surface area (Å²) in [7, 11) is 1.57. The highest BCUT2D eigenvalue weighted by molar-refractivity contribution is 8.00. The van der Waals surface area contributed by atoms with Gasteiger partial charge < -0.3 is 39.5 Å². The third-order valence-corrected chi connectivity index (χ3v) is 9.52. The van der Waals surface area contributed by atoms with Gasteiger partial charge in [0.2, 0.25) is 0 Å². The lowest BCUT2D eigenvalue weighted by atomic mass is 10.0. The number of anilines is 2. The monoisotopic (exact) mass is 686 g/mol. The van der Waals surface area contributed by atoms with Crippen LogP contribution < -0.4 is 20.7 Å². The first-order chi connectivity index (χ1) is 23.3. The summed E-state index contributed by atoms with van der Waals surface area (Å²) in [6.07, 6.45) is 3.41. The van der Waals surface area contributed by atoms with E-state index in [2.05, 4.69) is 37.6 Å². The van der Waals surface area contributed by atoms with E-state index in [9.17, 15) is 18.0 Å². The lowest BCUT2D eigenvalue weighted by Gasteiger charge is -2.39. The van der Waals surface area contributed by atoms with Crippen molar-refractivity contribution in [3.63, 3.8) is 0 Å². The molecule has 1 aromatic carbocycles. The molecular formula is C34H41F3N6O4S. The van der Waals surface area contributed by atoms with Crippen molar-refractivity contribution in [2.45, 2.75) is 35.5 Å². The van der Waals surface area contributed by atoms with Crippen molar-refractivity contribution in [1.82, 2.24) is 19.5 Å². The number of nitrogens with one attached hydrogen (secondary N) is 3. The van der Waals surface area contributed by atoms with E-state index < -0.39 is 5.51 Å². The molecule has 6 bridgehead atoms. The molecule has 0 atom stereocenters. The van der Waals surface area contributed by atoms with Gasteiger partial charge in [-0.1, -0.05) is 11.8 Å². The highest BCUT2D eigenvalue weighted by Crippen LogP contribution is 2.41. The molecule has 7 heterocycles. The number of carbonyl (C=O) groups excluding carboxylic acids is 1. The number of fused-ring (bicyclic) bond motifs is 1. The summed E-state index contributed by atoms with van der Waals surface area (Å²) < 4.78 is 60.6. The summed E-state index contributed by atoms with van der Waals surface area (Å²) in [5.74, 6) is 6.26. The molecule has 8 rings (SSSR count). The van der Waals surface area contributed by atoms with Crippen LogP contribution in [0.15, 0.2) is 47.6 Å². The number of rotatable bonds is 2. The van der Waals surface area contributed by atoms with Crippen LogP contribution >= 0.6 is 11.8 Å². The van der Waals surface area contributed by atoms with Gasteiger partial charge in [-0.15, -0.1) is 0 Å². The quantitative estimate of drug-likeness (QED) is 0.269. The average molecular weight is 687 g/mol. The van der Waals surface area contributed by atoms with Gasteiger partial charge in [0, 0.05) is 75.9 Å². The molecule has 2 fully saturated rings. The number of carbonyl (C=O) groups is 1. The highest BCUT2D eigenvalue weighted by Gasteiger charge is 2.33. The van der Waals surface area contributed by atoms with Crippen molar-refractivity contribution in [2.75, 3.05) is 89.9 Å². The predicted molar refractivity (Wildman–Crippen MR) is 180 cm³/mol. The van der Waals surface area contributed by atoms with Crippen LogP contribution in [0.25, 0.3) is 5.52 Å². The van der Waals surface area contributed by atoms with Gasteiger partial charge in [0.05, 0.1) is 55.4 Å². The summed E-state index contributed by atoms with van der Waals surface area (Å²) in [5.41, 5.74) is -1.67. The summed E-state index contributed by atoms with van der Waals surface area (Å²) in [6.45, 7) is 7.38. The lowest BCUT2D eigenvalue weighted by Crippen LogP contribution is -2.54. The molecule has 0 saturated carbocycles. The maximum absolute atomic E-state index is 13.7. The van der Waals surface area contributed by atoms with Gasteiger partial charge in [0.15, 0.2) is 0 Å². The normalized spacial score (nSPS) is 24.1. The first-order valence-corrected chi connectivity index (χ1v) is 17.1. The Kier molecular flexibility index (Phi) is 11.2. The molecule has 0 spiro atoms. The van der Waals surface area contributed by atoms with Crippen LogP contribution in [-0.2, 0) is 9.47 Å². The molecule has 2 saturated heterocycles. The molecule has 3 aromatic rings. The molecule has 5 aliphatic heterocycles. The molecule has 48 heavy (non-hydrogen) atoms. The molecule has 2 aromatic heterocycles. The Morgan fingerprint density at radius 3 is 2.46 bits per heavy atom. The fraction of sp³-hybridized carbons (Fsp3) is 0.500. The molecule has 0 radical (unpaired) electrons. The Morgan fingerprint density at radius 1 is 0.979 bits per heavy atom. The van der Waals surface area contributed by atoms with Gasteiger partial charge in [-0.05, 0) is 49.2 Å². The van der Waals surface area contributed by atoms with Crippen molar-refractivity contribution in [2.24, 2.45) is 0 Å². The summed E-state index contributed by atoms with van der Waals surface area (Å²) in [5, 5.41) is 9.48. The molecule has 0 aliphatic carbocycles. The number of halogens is 3. The maximum Gasteiger partial charge on any atom is 0.447 e. The van der Waals surface area contributed by atoms with Crippen LogP contribution in [0.5, 0.6) is 5.75 Å². The van der Waals surface area contributed by atoms with E-state index in [1.165, 1.54) is 0 Å². The molecule has 0 unspecified atom stereocenters. The van der Waals surface area contributed by atoms with E-state index in [0.29, 0.717) is 54.5 Å². The SMILES string of the molecule is CNC(=O)c1ccc2c(c1)OC1CN(CCOCCOCCN3CCC(CC3)Nc3cccn4c(SC(F)(F)F)c(cc34)C#CCN2)C1. The van der Waals surface area contributed by atoms with Crippen LogP contribution in [0.1, 0.15) is 28.8 Å². The van der Waals surface area contributed by atoms with E-state index in [1.807, 2.05) is 6.07 Å². The molecule has 14 heteroatoms. The zero-order valence-electron chi connectivity index (χ0n) is 26.9. The minimum atomic E-state index is -4.48. The summed E-state index contributed by atoms with van der Waals surface area (Å²) in [6, 6.07) is 10.7. The van der Waals surface area contributed by atoms with E-state index in [-0.39, 0.29) is 41.4 Å². The lowest BCUT2D eigenvalue weighted by molar-refractivity contribution is -0.0330. The Hall–Kier alpha value is -3.61. The first kappa shape index (κ1) is 34.3. The van der Waals surface area contributed by atoms with Gasteiger partial charge >= 0.3 is 5.51 Å². The van der Waals surface area contributed by atoms with Crippen LogP contribution in [-0.4, -0.2) is 117 Å². The van der Waals surface area contributed by atoms with Crippen molar-refractivity contribution in [3.8, 4) is 17.6 Å².